The van der Waals surface area contributed by atoms with Crippen molar-refractivity contribution in [3.05, 3.63) is 59.8 Å². The number of aliphatic carboxylic acids is 1. The molecule has 1 aliphatic rings. The number of carbonyl (C=O) groups excluding carboxylic acids is 4. The van der Waals surface area contributed by atoms with Crippen molar-refractivity contribution in [1.29, 1.82) is 0 Å². The third-order valence-electron chi connectivity index (χ3n) is 6.50. The van der Waals surface area contributed by atoms with Crippen molar-refractivity contribution >= 4 is 40.9 Å². The van der Waals surface area contributed by atoms with Crippen molar-refractivity contribution in [3.63, 3.8) is 0 Å². The Hall–Kier alpha value is -5.18. The average molecular weight is 654 g/mol. The minimum atomic E-state index is -1.66. The van der Waals surface area contributed by atoms with Crippen molar-refractivity contribution in [2.75, 3.05) is 19.7 Å². The number of hydrogen-bond donors (Lipinski definition) is 3. The average Bonchev–Trinajstić information content (AvgIpc) is 3.47. The highest BCUT2D eigenvalue weighted by molar-refractivity contribution is 6.20. The van der Waals surface area contributed by atoms with E-state index in [1.807, 2.05) is 0 Å². The molecule has 15 heteroatoms. The van der Waals surface area contributed by atoms with E-state index in [0.717, 1.165) is 0 Å². The number of amides is 4. The third-order valence-corrected chi connectivity index (χ3v) is 6.50. The van der Waals surface area contributed by atoms with Gasteiger partial charge in [0.15, 0.2) is 0 Å². The van der Waals surface area contributed by atoms with Gasteiger partial charge in [-0.3, -0.25) is 14.3 Å². The van der Waals surface area contributed by atoms with E-state index in [0.29, 0.717) is 28.3 Å². The number of aromatic nitrogens is 2. The second kappa shape index (κ2) is 14.1. The highest BCUT2D eigenvalue weighted by Crippen LogP contribution is 2.25. The number of nitrogens with one attached hydrogen (secondary N) is 2. The molecule has 2 aromatic carbocycles. The van der Waals surface area contributed by atoms with Gasteiger partial charge in [0, 0.05) is 37.1 Å². The molecule has 15 nitrogen and oxygen atoms in total. The first-order valence-corrected chi connectivity index (χ1v) is 14.9. The van der Waals surface area contributed by atoms with Crippen LogP contribution in [0.25, 0.3) is 10.9 Å². The fourth-order valence-corrected chi connectivity index (χ4v) is 4.50. The zero-order valence-electron chi connectivity index (χ0n) is 27.1. The highest BCUT2D eigenvalue weighted by Gasteiger charge is 2.39. The molecule has 1 aromatic heterocycles. The Morgan fingerprint density at radius 1 is 0.872 bits per heavy atom. The van der Waals surface area contributed by atoms with Gasteiger partial charge in [-0.05, 0) is 71.9 Å². The van der Waals surface area contributed by atoms with Crippen LogP contribution in [0.3, 0.4) is 0 Å². The van der Waals surface area contributed by atoms with E-state index < -0.39 is 53.9 Å². The largest absolute Gasteiger partial charge is 0.490 e. The van der Waals surface area contributed by atoms with Gasteiger partial charge in [-0.25, -0.2) is 19.2 Å². The summed E-state index contributed by atoms with van der Waals surface area (Å²) in [5.41, 5.74) is -0.520. The fraction of sp³-hybridized carbons (Fsp3) is 0.438. The van der Waals surface area contributed by atoms with Gasteiger partial charge < -0.3 is 30.0 Å². The summed E-state index contributed by atoms with van der Waals surface area (Å²) in [6, 6.07) is 11.0. The molecule has 1 atom stereocenters. The maximum Gasteiger partial charge on any atom is 0.407 e. The van der Waals surface area contributed by atoms with Crippen LogP contribution >= 0.6 is 0 Å². The first-order chi connectivity index (χ1) is 22.0. The van der Waals surface area contributed by atoms with Gasteiger partial charge in [-0.15, -0.1) is 5.06 Å². The van der Waals surface area contributed by atoms with Crippen molar-refractivity contribution in [1.82, 2.24) is 25.5 Å². The molecule has 4 rings (SSSR count). The van der Waals surface area contributed by atoms with E-state index in [1.165, 1.54) is 12.1 Å². The van der Waals surface area contributed by atoms with E-state index >= 15 is 0 Å². The first kappa shape index (κ1) is 34.7. The Bertz CT molecular complexity index is 1590. The predicted octanol–water partition coefficient (Wildman–Crippen LogP) is 3.76. The molecule has 3 aromatic rings. The molecule has 252 valence electrons. The molecular weight excluding hydrogens is 614 g/mol. The Morgan fingerprint density at radius 3 is 1.94 bits per heavy atom. The summed E-state index contributed by atoms with van der Waals surface area (Å²) in [4.78, 5) is 67.0. The summed E-state index contributed by atoms with van der Waals surface area (Å²) in [6.07, 6.45) is -1.12. The fourth-order valence-electron chi connectivity index (χ4n) is 4.50. The molecule has 3 N–H and O–H groups in total. The summed E-state index contributed by atoms with van der Waals surface area (Å²) >= 11 is 0. The number of hydroxylamine groups is 2. The second-order valence-corrected chi connectivity index (χ2v) is 12.9. The Labute approximate surface area is 271 Å². The minimum Gasteiger partial charge on any atom is -0.490 e. The number of alkyl carbamates (subject to hydrolysis) is 2. The SMILES string of the molecule is CC(C)(C)OC(=O)NCC(CNC(=O)OC(C)(C)C)Cn1cc2cc(OC[C@H](ON3C(=O)c4ccccc4C3=O)C(=O)O)ccc2n1. The van der Waals surface area contributed by atoms with Crippen molar-refractivity contribution in [2.45, 2.75) is 65.4 Å². The minimum absolute atomic E-state index is 0.119. The van der Waals surface area contributed by atoms with Crippen molar-refractivity contribution in [2.24, 2.45) is 5.92 Å². The molecule has 0 radical (unpaired) electrons. The lowest BCUT2D eigenvalue weighted by Gasteiger charge is -2.23. The predicted molar refractivity (Wildman–Crippen MR) is 167 cm³/mol. The van der Waals surface area contributed by atoms with Crippen LogP contribution in [-0.2, 0) is 25.7 Å². The number of carboxylic acid groups (broad SMARTS) is 1. The molecule has 47 heavy (non-hydrogen) atoms. The zero-order valence-corrected chi connectivity index (χ0v) is 27.1. The number of imide groups is 1. The van der Waals surface area contributed by atoms with Crippen LogP contribution in [0.1, 0.15) is 62.3 Å². The smallest absolute Gasteiger partial charge is 0.407 e. The highest BCUT2D eigenvalue weighted by atomic mass is 16.7. The summed E-state index contributed by atoms with van der Waals surface area (Å²) in [5.74, 6) is -2.96. The molecule has 0 aliphatic carbocycles. The van der Waals surface area contributed by atoms with Gasteiger partial charge in [0.05, 0.1) is 16.6 Å². The van der Waals surface area contributed by atoms with Crippen LogP contribution < -0.4 is 15.4 Å². The number of rotatable bonds is 12. The molecule has 0 fully saturated rings. The van der Waals surface area contributed by atoms with Gasteiger partial charge in [-0.2, -0.15) is 5.10 Å². The Balaban J connectivity index is 1.41. The molecule has 0 spiro atoms. The third kappa shape index (κ3) is 9.66. The number of hydrogen-bond acceptors (Lipinski definition) is 10. The Kier molecular flexibility index (Phi) is 10.4. The van der Waals surface area contributed by atoms with E-state index in [1.54, 1.807) is 82.8 Å². The standard InChI is InChI=1S/C32H39N5O10/c1-31(2,3)45-29(42)33-14-19(15-34-30(43)46-32(4,5)6)16-36-17-20-13-21(11-12-24(20)35-36)44-18-25(28(40)41)47-37-26(38)22-9-7-8-10-23(22)27(37)39/h7-13,17,19,25H,14-16,18H2,1-6H3,(H,33,42)(H,34,43)(H,40,41)/t25-/m0/s1. The van der Waals surface area contributed by atoms with Crippen LogP contribution in [0.5, 0.6) is 5.75 Å². The lowest BCUT2D eigenvalue weighted by atomic mass is 10.1. The number of nitrogens with zero attached hydrogens (tertiary/aromatic N) is 3. The number of fused-ring (bicyclic) bond motifs is 2. The summed E-state index contributed by atoms with van der Waals surface area (Å²) in [6.45, 7) is 10.7. The first-order valence-electron chi connectivity index (χ1n) is 14.9. The maximum atomic E-state index is 12.6. The number of carbonyl (C=O) groups is 5. The Morgan fingerprint density at radius 2 is 1.43 bits per heavy atom. The quantitative estimate of drug-likeness (QED) is 0.242. The lowest BCUT2D eigenvalue weighted by Crippen LogP contribution is -2.41. The van der Waals surface area contributed by atoms with Crippen LogP contribution in [-0.4, -0.2) is 86.9 Å². The van der Waals surface area contributed by atoms with E-state index in [4.69, 9.17) is 19.0 Å². The maximum absolute atomic E-state index is 12.6. The molecule has 0 saturated carbocycles. The van der Waals surface area contributed by atoms with Gasteiger partial charge in [0.25, 0.3) is 11.8 Å². The topological polar surface area (TPSA) is 188 Å². The molecule has 1 aliphatic heterocycles. The lowest BCUT2D eigenvalue weighted by molar-refractivity contribution is -0.178. The van der Waals surface area contributed by atoms with Crippen LogP contribution in [0, 0.1) is 5.92 Å². The molecule has 0 unspecified atom stereocenters. The van der Waals surface area contributed by atoms with E-state index in [9.17, 15) is 29.1 Å². The monoisotopic (exact) mass is 653 g/mol. The van der Waals surface area contributed by atoms with Gasteiger partial charge in [0.2, 0.25) is 6.10 Å². The van der Waals surface area contributed by atoms with Crippen LogP contribution in [0.4, 0.5) is 9.59 Å². The molecule has 0 saturated heterocycles. The zero-order chi connectivity index (χ0) is 34.5. The summed E-state index contributed by atoms with van der Waals surface area (Å²) in [7, 11) is 0. The molecule has 0 bridgehead atoms. The second-order valence-electron chi connectivity index (χ2n) is 12.9. The summed E-state index contributed by atoms with van der Waals surface area (Å²) < 4.78 is 18.0. The van der Waals surface area contributed by atoms with Gasteiger partial charge in [0.1, 0.15) is 23.6 Å². The van der Waals surface area contributed by atoms with Gasteiger partial charge >= 0.3 is 18.2 Å². The number of ether oxygens (including phenoxy) is 3. The molecule has 4 amide bonds. The van der Waals surface area contributed by atoms with Crippen LogP contribution in [0.2, 0.25) is 0 Å². The number of benzene rings is 2. The van der Waals surface area contributed by atoms with Crippen molar-refractivity contribution in [3.8, 4) is 5.75 Å². The van der Waals surface area contributed by atoms with E-state index in [2.05, 4.69) is 15.7 Å². The summed E-state index contributed by atoms with van der Waals surface area (Å²) in [5, 5.41) is 20.8. The number of carboxylic acids is 1. The van der Waals surface area contributed by atoms with Gasteiger partial charge in [-0.1, -0.05) is 12.1 Å². The van der Waals surface area contributed by atoms with Crippen LogP contribution in [0.15, 0.2) is 48.7 Å². The molecular formula is C32H39N5O10. The van der Waals surface area contributed by atoms with Crippen molar-refractivity contribution < 1.29 is 48.1 Å². The van der Waals surface area contributed by atoms with E-state index in [-0.39, 0.29) is 30.1 Å². The molecule has 2 heterocycles. The normalized spacial score (nSPS) is 13.8.